The molecule has 98 valence electrons. The van der Waals surface area contributed by atoms with Crippen molar-refractivity contribution in [1.82, 2.24) is 14.3 Å². The third kappa shape index (κ3) is 1.62. The molecule has 0 radical (unpaired) electrons. The topological polar surface area (TPSA) is 69.4 Å². The third-order valence-corrected chi connectivity index (χ3v) is 3.14. The van der Waals surface area contributed by atoms with Crippen molar-refractivity contribution in [2.45, 2.75) is 6.54 Å². The molecule has 7 heteroatoms. The zero-order chi connectivity index (χ0) is 13.6. The summed E-state index contributed by atoms with van der Waals surface area (Å²) in [6, 6.07) is 6.87. The Balaban J connectivity index is 1.97. The number of methoxy groups -OCH3 is 1. The molecule has 7 nitrogen and oxygen atoms in total. The van der Waals surface area contributed by atoms with Crippen LogP contribution in [0.4, 0.5) is 10.5 Å². The predicted octanol–water partition coefficient (Wildman–Crippen LogP) is 0.579. The average molecular weight is 260 g/mol. The molecule has 0 N–H and O–H groups in total. The largest absolute Gasteiger partial charge is 0.497 e. The van der Waals surface area contributed by atoms with Gasteiger partial charge in [0.1, 0.15) is 5.75 Å². The molecule has 0 saturated heterocycles. The molecule has 2 heterocycles. The smallest absolute Gasteiger partial charge is 0.364 e. The van der Waals surface area contributed by atoms with Gasteiger partial charge in [-0.3, -0.25) is 4.90 Å². The summed E-state index contributed by atoms with van der Waals surface area (Å²) in [4.78, 5) is 29.0. The minimum absolute atomic E-state index is 0.280. The Bertz CT molecular complexity index is 699. The van der Waals surface area contributed by atoms with E-state index in [1.54, 1.807) is 36.3 Å². The van der Waals surface area contributed by atoms with Crippen LogP contribution in [0.1, 0.15) is 5.82 Å². The van der Waals surface area contributed by atoms with E-state index in [9.17, 15) is 9.59 Å². The molecule has 0 aliphatic carbocycles. The highest BCUT2D eigenvalue weighted by Crippen LogP contribution is 2.24. The Kier molecular flexibility index (Phi) is 2.41. The van der Waals surface area contributed by atoms with Crippen LogP contribution in [0, 0.1) is 0 Å². The first-order valence-corrected chi connectivity index (χ1v) is 5.72. The summed E-state index contributed by atoms with van der Waals surface area (Å²) in [5.74, 6) is 1.17. The summed E-state index contributed by atoms with van der Waals surface area (Å²) in [5.41, 5.74) is 0.321. The van der Waals surface area contributed by atoms with Crippen molar-refractivity contribution in [2.75, 3.05) is 12.0 Å². The molecule has 0 spiro atoms. The second-order valence-corrected chi connectivity index (χ2v) is 4.21. The van der Waals surface area contributed by atoms with Crippen LogP contribution in [0.5, 0.6) is 5.75 Å². The summed E-state index contributed by atoms with van der Waals surface area (Å²) < 4.78 is 7.57. The van der Waals surface area contributed by atoms with Gasteiger partial charge in [-0.1, -0.05) is 0 Å². The number of carbonyl (C=O) groups excluding carboxylic acids is 1. The van der Waals surface area contributed by atoms with E-state index in [1.807, 2.05) is 0 Å². The minimum Gasteiger partial charge on any atom is -0.497 e. The molecule has 0 atom stereocenters. The predicted molar refractivity (Wildman–Crippen MR) is 67.4 cm³/mol. The molecule has 0 saturated carbocycles. The fourth-order valence-electron chi connectivity index (χ4n) is 2.12. The fourth-order valence-corrected chi connectivity index (χ4v) is 2.12. The lowest BCUT2D eigenvalue weighted by molar-refractivity contribution is 0.245. The van der Waals surface area contributed by atoms with Crippen LogP contribution in [0.15, 0.2) is 29.1 Å². The lowest BCUT2D eigenvalue weighted by Crippen LogP contribution is -2.32. The maximum atomic E-state index is 12.2. The number of ether oxygens (including phenoxy) is 1. The molecular formula is C12H12N4O3. The summed E-state index contributed by atoms with van der Waals surface area (Å²) in [6.07, 6.45) is 0. The van der Waals surface area contributed by atoms with Crippen molar-refractivity contribution in [3.63, 3.8) is 0 Å². The number of nitrogens with zero attached hydrogens (tertiary/aromatic N) is 4. The zero-order valence-corrected chi connectivity index (χ0v) is 10.5. The number of rotatable bonds is 2. The lowest BCUT2D eigenvalue weighted by atomic mass is 10.3. The number of fused-ring (bicyclic) bond motifs is 1. The van der Waals surface area contributed by atoms with Crippen LogP contribution in [0.2, 0.25) is 0 Å². The van der Waals surface area contributed by atoms with Crippen LogP contribution in [0.3, 0.4) is 0 Å². The van der Waals surface area contributed by atoms with Crippen LogP contribution >= 0.6 is 0 Å². The first-order chi connectivity index (χ1) is 9.11. The van der Waals surface area contributed by atoms with Crippen molar-refractivity contribution in [3.05, 3.63) is 40.6 Å². The number of hydrogen-bond donors (Lipinski definition) is 0. The second kappa shape index (κ2) is 3.98. The molecule has 1 aliphatic rings. The molecule has 0 fully saturated rings. The standard InChI is InChI=1S/C12H12N4O3/c1-14-11(17)13-10-7-15(12(18)16(10)14)8-3-5-9(19-2)6-4-8/h3-6H,7H2,1-2H3. The van der Waals surface area contributed by atoms with Crippen molar-refractivity contribution in [2.24, 2.45) is 7.05 Å². The number of aromatic nitrogens is 3. The van der Waals surface area contributed by atoms with E-state index in [0.29, 0.717) is 12.4 Å². The van der Waals surface area contributed by atoms with Gasteiger partial charge in [-0.25, -0.2) is 14.3 Å². The number of hydrogen-bond acceptors (Lipinski definition) is 4. The van der Waals surface area contributed by atoms with Crippen molar-refractivity contribution in [1.29, 1.82) is 0 Å². The van der Waals surface area contributed by atoms with E-state index < -0.39 is 5.69 Å². The van der Waals surface area contributed by atoms with Gasteiger partial charge in [-0.15, -0.1) is 0 Å². The van der Waals surface area contributed by atoms with E-state index in [0.717, 1.165) is 11.4 Å². The molecule has 2 aromatic rings. The quantitative estimate of drug-likeness (QED) is 0.792. The Morgan fingerprint density at radius 2 is 1.89 bits per heavy atom. The third-order valence-electron chi connectivity index (χ3n) is 3.14. The summed E-state index contributed by atoms with van der Waals surface area (Å²) >= 11 is 0. The van der Waals surface area contributed by atoms with Crippen molar-refractivity contribution in [3.8, 4) is 5.75 Å². The SMILES string of the molecule is COc1ccc(N2Cc3nc(=O)n(C)n3C2=O)cc1. The van der Waals surface area contributed by atoms with E-state index in [-0.39, 0.29) is 6.03 Å². The first kappa shape index (κ1) is 11.5. The van der Waals surface area contributed by atoms with Gasteiger partial charge in [0.15, 0.2) is 5.82 Å². The van der Waals surface area contributed by atoms with Crippen molar-refractivity contribution < 1.29 is 9.53 Å². The monoisotopic (exact) mass is 260 g/mol. The molecule has 0 bridgehead atoms. The van der Waals surface area contributed by atoms with E-state index in [2.05, 4.69) is 4.98 Å². The molecule has 19 heavy (non-hydrogen) atoms. The van der Waals surface area contributed by atoms with Gasteiger partial charge >= 0.3 is 11.7 Å². The van der Waals surface area contributed by atoms with Gasteiger partial charge in [0.05, 0.1) is 13.7 Å². The van der Waals surface area contributed by atoms with Gasteiger partial charge in [-0.05, 0) is 24.3 Å². The number of carbonyl (C=O) groups is 1. The van der Waals surface area contributed by atoms with E-state index in [1.165, 1.54) is 16.4 Å². The van der Waals surface area contributed by atoms with Crippen LogP contribution < -0.4 is 15.3 Å². The van der Waals surface area contributed by atoms with Gasteiger partial charge in [0.2, 0.25) is 0 Å². The van der Waals surface area contributed by atoms with Crippen LogP contribution in [0.25, 0.3) is 0 Å². The van der Waals surface area contributed by atoms with Gasteiger partial charge in [0.25, 0.3) is 0 Å². The molecule has 3 rings (SSSR count). The van der Waals surface area contributed by atoms with Gasteiger partial charge in [-0.2, -0.15) is 9.67 Å². The highest BCUT2D eigenvalue weighted by atomic mass is 16.5. The maximum absolute atomic E-state index is 12.2. The highest BCUT2D eigenvalue weighted by Gasteiger charge is 2.32. The molecule has 1 amide bonds. The lowest BCUT2D eigenvalue weighted by Gasteiger charge is -2.15. The summed E-state index contributed by atoms with van der Waals surface area (Å²) in [6.45, 7) is 0.293. The van der Waals surface area contributed by atoms with Crippen molar-refractivity contribution >= 4 is 11.7 Å². The van der Waals surface area contributed by atoms with Crippen LogP contribution in [-0.2, 0) is 13.6 Å². The Labute approximate surface area is 108 Å². The zero-order valence-electron chi connectivity index (χ0n) is 10.5. The van der Waals surface area contributed by atoms with E-state index >= 15 is 0 Å². The van der Waals surface area contributed by atoms with E-state index in [4.69, 9.17) is 4.74 Å². The van der Waals surface area contributed by atoms with Gasteiger partial charge in [0, 0.05) is 12.7 Å². The Morgan fingerprint density at radius 3 is 2.47 bits per heavy atom. The molecule has 1 aromatic carbocycles. The molecular weight excluding hydrogens is 248 g/mol. The maximum Gasteiger partial charge on any atom is 0.364 e. The summed E-state index contributed by atoms with van der Waals surface area (Å²) in [5, 5.41) is 0. The number of amides is 1. The summed E-state index contributed by atoms with van der Waals surface area (Å²) in [7, 11) is 3.11. The molecule has 0 unspecified atom stereocenters. The number of benzene rings is 1. The minimum atomic E-state index is -0.419. The molecule has 1 aliphatic heterocycles. The highest BCUT2D eigenvalue weighted by molar-refractivity contribution is 5.95. The normalized spacial score (nSPS) is 13.8. The Hall–Kier alpha value is -2.57. The second-order valence-electron chi connectivity index (χ2n) is 4.21. The fraction of sp³-hybridized carbons (Fsp3) is 0.250. The molecule has 1 aromatic heterocycles. The first-order valence-electron chi connectivity index (χ1n) is 5.72. The van der Waals surface area contributed by atoms with Gasteiger partial charge < -0.3 is 4.74 Å². The average Bonchev–Trinajstić information content (AvgIpc) is 2.88. The number of anilines is 1. The van der Waals surface area contributed by atoms with Crippen LogP contribution in [-0.4, -0.2) is 27.5 Å². The Morgan fingerprint density at radius 1 is 1.21 bits per heavy atom.